The molecule has 26 heavy (non-hydrogen) atoms. The number of nitrogens with zero attached hydrogens (tertiary/aromatic N) is 2. The van der Waals surface area contributed by atoms with Crippen molar-refractivity contribution in [3.8, 4) is 5.75 Å². The first-order chi connectivity index (χ1) is 12.8. The summed E-state index contributed by atoms with van der Waals surface area (Å²) in [6.45, 7) is 0.618. The van der Waals surface area contributed by atoms with Crippen molar-refractivity contribution in [1.29, 1.82) is 0 Å². The number of fused-ring (bicyclic) bond motifs is 1. The number of carbonyl (C=O) groups is 1. The topological polar surface area (TPSA) is 64.1 Å². The summed E-state index contributed by atoms with van der Waals surface area (Å²) in [5, 5.41) is 6.04. The van der Waals surface area contributed by atoms with Crippen molar-refractivity contribution in [1.82, 2.24) is 15.3 Å². The second kappa shape index (κ2) is 7.66. The van der Waals surface area contributed by atoms with Crippen molar-refractivity contribution >= 4 is 17.2 Å². The summed E-state index contributed by atoms with van der Waals surface area (Å²) in [5.41, 5.74) is 2.83. The number of para-hydroxylation sites is 1. The van der Waals surface area contributed by atoms with Gasteiger partial charge in [0, 0.05) is 35.7 Å². The van der Waals surface area contributed by atoms with Gasteiger partial charge in [-0.15, -0.1) is 11.3 Å². The number of amides is 1. The molecule has 0 radical (unpaired) electrons. The molecule has 1 aromatic carbocycles. The van der Waals surface area contributed by atoms with Gasteiger partial charge in [-0.05, 0) is 18.2 Å². The average Bonchev–Trinajstić information content (AvgIpc) is 3.09. The molecule has 132 valence electrons. The largest absolute Gasteiger partial charge is 0.493 e. The van der Waals surface area contributed by atoms with E-state index in [0.717, 1.165) is 34.1 Å². The van der Waals surface area contributed by atoms with Crippen molar-refractivity contribution in [3.63, 3.8) is 0 Å². The Kier molecular flexibility index (Phi) is 4.93. The van der Waals surface area contributed by atoms with E-state index >= 15 is 0 Å². The smallest absolute Gasteiger partial charge is 0.226 e. The molecule has 0 fully saturated rings. The fourth-order valence-electron chi connectivity index (χ4n) is 3.07. The second-order valence-electron chi connectivity index (χ2n) is 6.20. The van der Waals surface area contributed by atoms with Crippen molar-refractivity contribution < 1.29 is 9.53 Å². The first-order valence-corrected chi connectivity index (χ1v) is 9.50. The minimum absolute atomic E-state index is 0.000857. The molecule has 3 heterocycles. The average molecular weight is 365 g/mol. The Hall–Kier alpha value is -2.73. The Morgan fingerprint density at radius 2 is 2.08 bits per heavy atom. The zero-order valence-electron chi connectivity index (χ0n) is 14.2. The number of nitrogens with one attached hydrogen (secondary N) is 1. The van der Waals surface area contributed by atoms with Gasteiger partial charge in [0.1, 0.15) is 5.75 Å². The summed E-state index contributed by atoms with van der Waals surface area (Å²) in [6.07, 6.45) is 3.55. The van der Waals surface area contributed by atoms with Crippen LogP contribution in [0.4, 0.5) is 0 Å². The fourth-order valence-corrected chi connectivity index (χ4v) is 3.88. The first-order valence-electron chi connectivity index (χ1n) is 8.62. The van der Waals surface area contributed by atoms with Crippen LogP contribution in [-0.2, 0) is 17.6 Å². The van der Waals surface area contributed by atoms with Crippen LogP contribution in [-0.4, -0.2) is 22.5 Å². The zero-order valence-corrected chi connectivity index (χ0v) is 15.0. The molecule has 4 rings (SSSR count). The lowest BCUT2D eigenvalue weighted by molar-refractivity contribution is -0.121. The minimum Gasteiger partial charge on any atom is -0.493 e. The van der Waals surface area contributed by atoms with Crippen molar-refractivity contribution in [2.45, 2.75) is 25.3 Å². The van der Waals surface area contributed by atoms with Crippen LogP contribution >= 0.6 is 11.3 Å². The molecule has 2 aromatic heterocycles. The van der Waals surface area contributed by atoms with Gasteiger partial charge in [0.2, 0.25) is 5.91 Å². The molecule has 1 amide bonds. The van der Waals surface area contributed by atoms with Crippen LogP contribution in [0.15, 0.2) is 54.0 Å². The molecule has 1 aliphatic rings. The summed E-state index contributed by atoms with van der Waals surface area (Å²) < 4.78 is 5.65. The van der Waals surface area contributed by atoms with Crippen molar-refractivity contribution in [2.24, 2.45) is 0 Å². The van der Waals surface area contributed by atoms with Crippen molar-refractivity contribution in [3.05, 3.63) is 76.0 Å². The number of aromatic nitrogens is 2. The standard InChI is InChI=1S/C20H19N3O2S/c24-19(23-17-8-10-25-18-7-2-1-6-16(17)18)11-15-13-26-20(22-15)12-14-5-3-4-9-21-14/h1-7,9,13,17H,8,10-12H2,(H,23,24). The Morgan fingerprint density at radius 1 is 1.19 bits per heavy atom. The van der Waals surface area contributed by atoms with Gasteiger partial charge in [0.05, 0.1) is 29.8 Å². The lowest BCUT2D eigenvalue weighted by Gasteiger charge is -2.26. The molecule has 0 spiro atoms. The molecule has 0 saturated heterocycles. The van der Waals surface area contributed by atoms with Crippen LogP contribution < -0.4 is 10.1 Å². The van der Waals surface area contributed by atoms with Gasteiger partial charge in [-0.25, -0.2) is 4.98 Å². The molecular formula is C20H19N3O2S. The van der Waals surface area contributed by atoms with E-state index in [1.165, 1.54) is 0 Å². The second-order valence-corrected chi connectivity index (χ2v) is 7.14. The number of benzene rings is 1. The summed E-state index contributed by atoms with van der Waals surface area (Å²) in [6, 6.07) is 13.7. The summed E-state index contributed by atoms with van der Waals surface area (Å²) in [5.74, 6) is 0.844. The Bertz CT molecular complexity index is 895. The number of thiazole rings is 1. The summed E-state index contributed by atoms with van der Waals surface area (Å²) >= 11 is 1.57. The first kappa shape index (κ1) is 16.7. The maximum atomic E-state index is 12.5. The third-order valence-electron chi connectivity index (χ3n) is 4.29. The third kappa shape index (κ3) is 3.91. The van der Waals surface area contributed by atoms with Gasteiger partial charge in [0.25, 0.3) is 0 Å². The normalized spacial score (nSPS) is 15.8. The number of pyridine rings is 1. The maximum Gasteiger partial charge on any atom is 0.226 e. The molecule has 1 atom stereocenters. The van der Waals surface area contributed by atoms with Crippen LogP contribution in [0.5, 0.6) is 5.75 Å². The molecule has 1 unspecified atom stereocenters. The molecule has 5 nitrogen and oxygen atoms in total. The highest BCUT2D eigenvalue weighted by Gasteiger charge is 2.22. The fraction of sp³-hybridized carbons (Fsp3) is 0.250. The van der Waals surface area contributed by atoms with Crippen LogP contribution in [0, 0.1) is 0 Å². The quantitative estimate of drug-likeness (QED) is 0.753. The van der Waals surface area contributed by atoms with Gasteiger partial charge in [-0.1, -0.05) is 24.3 Å². The molecule has 1 N–H and O–H groups in total. The van der Waals surface area contributed by atoms with E-state index < -0.39 is 0 Å². The number of carbonyl (C=O) groups excluding carboxylic acids is 1. The van der Waals surface area contributed by atoms with E-state index in [0.29, 0.717) is 13.0 Å². The number of rotatable bonds is 5. The Morgan fingerprint density at radius 3 is 2.96 bits per heavy atom. The van der Waals surface area contributed by atoms with Gasteiger partial charge in [0.15, 0.2) is 0 Å². The van der Waals surface area contributed by atoms with E-state index in [1.807, 2.05) is 47.8 Å². The number of hydrogen-bond acceptors (Lipinski definition) is 5. The minimum atomic E-state index is -0.0126. The van der Waals surface area contributed by atoms with Crippen LogP contribution in [0.3, 0.4) is 0 Å². The SMILES string of the molecule is O=C(Cc1csc(Cc2ccccn2)n1)NC1CCOc2ccccc21. The van der Waals surface area contributed by atoms with Crippen LogP contribution in [0.1, 0.15) is 34.4 Å². The van der Waals surface area contributed by atoms with E-state index in [-0.39, 0.29) is 18.4 Å². The molecule has 0 bridgehead atoms. The third-order valence-corrected chi connectivity index (χ3v) is 5.19. The predicted octanol–water partition coefficient (Wildman–Crippen LogP) is 3.31. The van der Waals surface area contributed by atoms with Gasteiger partial charge >= 0.3 is 0 Å². The van der Waals surface area contributed by atoms with E-state index in [9.17, 15) is 4.79 Å². The van der Waals surface area contributed by atoms with Gasteiger partial charge in [-0.3, -0.25) is 9.78 Å². The monoisotopic (exact) mass is 365 g/mol. The van der Waals surface area contributed by atoms with Crippen molar-refractivity contribution in [2.75, 3.05) is 6.61 Å². The highest BCUT2D eigenvalue weighted by Crippen LogP contribution is 2.31. The zero-order chi connectivity index (χ0) is 17.8. The van der Waals surface area contributed by atoms with Gasteiger partial charge in [-0.2, -0.15) is 0 Å². The van der Waals surface area contributed by atoms with E-state index in [4.69, 9.17) is 4.74 Å². The summed E-state index contributed by atoms with van der Waals surface area (Å²) in [4.78, 5) is 21.4. The highest BCUT2D eigenvalue weighted by atomic mass is 32.1. The van der Waals surface area contributed by atoms with E-state index in [2.05, 4.69) is 15.3 Å². The lowest BCUT2D eigenvalue weighted by Crippen LogP contribution is -2.33. The molecular weight excluding hydrogens is 346 g/mol. The maximum absolute atomic E-state index is 12.5. The Labute approximate surface area is 156 Å². The lowest BCUT2D eigenvalue weighted by atomic mass is 10.0. The van der Waals surface area contributed by atoms with E-state index in [1.54, 1.807) is 17.5 Å². The molecule has 3 aromatic rings. The molecule has 1 aliphatic heterocycles. The molecule has 0 saturated carbocycles. The number of ether oxygens (including phenoxy) is 1. The molecule has 0 aliphatic carbocycles. The van der Waals surface area contributed by atoms with Crippen LogP contribution in [0.2, 0.25) is 0 Å². The van der Waals surface area contributed by atoms with Crippen LogP contribution in [0.25, 0.3) is 0 Å². The predicted molar refractivity (Wildman–Crippen MR) is 100 cm³/mol. The highest BCUT2D eigenvalue weighted by molar-refractivity contribution is 7.09. The summed E-state index contributed by atoms with van der Waals surface area (Å²) in [7, 11) is 0. The van der Waals surface area contributed by atoms with Gasteiger partial charge < -0.3 is 10.1 Å². The Balaban J connectivity index is 1.37. The molecule has 6 heteroatoms. The number of hydrogen-bond donors (Lipinski definition) is 1.